The molecule has 0 radical (unpaired) electrons. The van der Waals surface area contributed by atoms with E-state index in [4.69, 9.17) is 0 Å². The van der Waals surface area contributed by atoms with Crippen LogP contribution in [0.3, 0.4) is 0 Å². The van der Waals surface area contributed by atoms with Gasteiger partial charge in [0.25, 0.3) is 0 Å². The van der Waals surface area contributed by atoms with Crippen molar-refractivity contribution in [1.29, 1.82) is 0 Å². The quantitative estimate of drug-likeness (QED) is 0.751. The summed E-state index contributed by atoms with van der Waals surface area (Å²) in [7, 11) is 0. The lowest BCUT2D eigenvalue weighted by Gasteiger charge is -2.33. The molecule has 1 aliphatic carbocycles. The molecule has 3 heteroatoms. The van der Waals surface area contributed by atoms with Gasteiger partial charge in [0.15, 0.2) is 0 Å². The third-order valence-corrected chi connectivity index (χ3v) is 4.30. The zero-order valence-electron chi connectivity index (χ0n) is 10.5. The average molecular weight is 224 g/mol. The fourth-order valence-electron chi connectivity index (χ4n) is 2.95. The van der Waals surface area contributed by atoms with Gasteiger partial charge in [-0.15, -0.1) is 0 Å². The number of carbonyl (C=O) groups is 1. The second-order valence-corrected chi connectivity index (χ2v) is 5.70. The number of nitrogens with one attached hydrogen (secondary N) is 2. The van der Waals surface area contributed by atoms with Gasteiger partial charge in [0.05, 0.1) is 5.54 Å². The Morgan fingerprint density at radius 1 is 1.31 bits per heavy atom. The monoisotopic (exact) mass is 224 g/mol. The maximum atomic E-state index is 12.2. The first kappa shape index (κ1) is 11.9. The zero-order valence-corrected chi connectivity index (χ0v) is 10.5. The molecular formula is C13H24N2O. The van der Waals surface area contributed by atoms with Crippen molar-refractivity contribution in [2.75, 3.05) is 6.54 Å². The largest absolute Gasteiger partial charge is 0.352 e. The Kier molecular flexibility index (Phi) is 3.53. The second-order valence-electron chi connectivity index (χ2n) is 5.70. The zero-order chi connectivity index (χ0) is 11.6. The summed E-state index contributed by atoms with van der Waals surface area (Å²) in [6.45, 7) is 5.27. The molecule has 0 aromatic heterocycles. The molecule has 3 atom stereocenters. The van der Waals surface area contributed by atoms with Crippen LogP contribution in [-0.4, -0.2) is 24.0 Å². The van der Waals surface area contributed by atoms with Gasteiger partial charge in [-0.05, 0) is 45.1 Å². The van der Waals surface area contributed by atoms with Gasteiger partial charge < -0.3 is 10.6 Å². The Balaban J connectivity index is 1.90. The summed E-state index contributed by atoms with van der Waals surface area (Å²) in [5.41, 5.74) is -0.308. The minimum Gasteiger partial charge on any atom is -0.352 e. The molecule has 2 fully saturated rings. The number of hydrogen-bond donors (Lipinski definition) is 2. The van der Waals surface area contributed by atoms with Gasteiger partial charge in [-0.2, -0.15) is 0 Å². The van der Waals surface area contributed by atoms with Crippen LogP contribution in [0.1, 0.15) is 52.4 Å². The van der Waals surface area contributed by atoms with Crippen molar-refractivity contribution in [3.63, 3.8) is 0 Å². The molecular weight excluding hydrogens is 200 g/mol. The Bertz CT molecular complexity index is 259. The van der Waals surface area contributed by atoms with E-state index < -0.39 is 0 Å². The maximum absolute atomic E-state index is 12.2. The highest BCUT2D eigenvalue weighted by molar-refractivity contribution is 5.86. The first-order valence-electron chi connectivity index (χ1n) is 6.68. The molecule has 0 aromatic rings. The van der Waals surface area contributed by atoms with E-state index in [-0.39, 0.29) is 11.4 Å². The van der Waals surface area contributed by atoms with Gasteiger partial charge in [-0.3, -0.25) is 4.79 Å². The van der Waals surface area contributed by atoms with Crippen molar-refractivity contribution < 1.29 is 4.79 Å². The molecule has 2 rings (SSSR count). The molecule has 1 saturated heterocycles. The molecule has 1 amide bonds. The lowest BCUT2D eigenvalue weighted by molar-refractivity contribution is -0.127. The van der Waals surface area contributed by atoms with Crippen molar-refractivity contribution in [2.45, 2.75) is 64.0 Å². The molecule has 16 heavy (non-hydrogen) atoms. The van der Waals surface area contributed by atoms with E-state index >= 15 is 0 Å². The summed E-state index contributed by atoms with van der Waals surface area (Å²) in [6.07, 6.45) is 7.09. The van der Waals surface area contributed by atoms with Crippen molar-refractivity contribution in [3.8, 4) is 0 Å². The smallest absolute Gasteiger partial charge is 0.240 e. The maximum Gasteiger partial charge on any atom is 0.240 e. The molecule has 3 unspecified atom stereocenters. The minimum absolute atomic E-state index is 0.212. The Morgan fingerprint density at radius 2 is 2.06 bits per heavy atom. The first-order valence-corrected chi connectivity index (χ1v) is 6.68. The summed E-state index contributed by atoms with van der Waals surface area (Å²) >= 11 is 0. The van der Waals surface area contributed by atoms with E-state index in [1.54, 1.807) is 0 Å². The average Bonchev–Trinajstić information content (AvgIpc) is 2.70. The van der Waals surface area contributed by atoms with Crippen molar-refractivity contribution in [2.24, 2.45) is 5.92 Å². The van der Waals surface area contributed by atoms with Gasteiger partial charge in [-0.1, -0.05) is 19.8 Å². The van der Waals surface area contributed by atoms with Crippen LogP contribution in [0.4, 0.5) is 0 Å². The third-order valence-electron chi connectivity index (χ3n) is 4.30. The normalized spacial score (nSPS) is 39.6. The molecule has 1 saturated carbocycles. The van der Waals surface area contributed by atoms with E-state index in [0.717, 1.165) is 25.8 Å². The van der Waals surface area contributed by atoms with Gasteiger partial charge in [-0.25, -0.2) is 0 Å². The van der Waals surface area contributed by atoms with Crippen LogP contribution in [-0.2, 0) is 4.79 Å². The molecule has 92 valence electrons. The number of amides is 1. The first-order chi connectivity index (χ1) is 7.62. The SMILES string of the molecule is CC1CCCCC1NC(=O)C1(C)CCCN1. The highest BCUT2D eigenvalue weighted by Gasteiger charge is 2.37. The van der Waals surface area contributed by atoms with E-state index in [1.807, 2.05) is 6.92 Å². The molecule has 2 N–H and O–H groups in total. The Labute approximate surface area is 98.4 Å². The molecule has 2 aliphatic rings. The molecule has 0 aromatic carbocycles. The summed E-state index contributed by atoms with van der Waals surface area (Å²) < 4.78 is 0. The van der Waals surface area contributed by atoms with Crippen molar-refractivity contribution >= 4 is 5.91 Å². The molecule has 1 aliphatic heterocycles. The predicted molar refractivity (Wildman–Crippen MR) is 65.2 cm³/mol. The van der Waals surface area contributed by atoms with Crippen LogP contribution in [0, 0.1) is 5.92 Å². The summed E-state index contributed by atoms with van der Waals surface area (Å²) in [4.78, 5) is 12.2. The lowest BCUT2D eigenvalue weighted by Crippen LogP contribution is -2.55. The van der Waals surface area contributed by atoms with Crippen LogP contribution in [0.25, 0.3) is 0 Å². The van der Waals surface area contributed by atoms with E-state index in [1.165, 1.54) is 19.3 Å². The van der Waals surface area contributed by atoms with Crippen molar-refractivity contribution in [3.05, 3.63) is 0 Å². The van der Waals surface area contributed by atoms with E-state index in [0.29, 0.717) is 12.0 Å². The number of hydrogen-bond acceptors (Lipinski definition) is 2. The van der Waals surface area contributed by atoms with E-state index in [2.05, 4.69) is 17.6 Å². The highest BCUT2D eigenvalue weighted by atomic mass is 16.2. The summed E-state index contributed by atoms with van der Waals surface area (Å²) in [5, 5.41) is 6.57. The van der Waals surface area contributed by atoms with E-state index in [9.17, 15) is 4.79 Å². The third kappa shape index (κ3) is 2.40. The fourth-order valence-corrected chi connectivity index (χ4v) is 2.95. The fraction of sp³-hybridized carbons (Fsp3) is 0.923. The molecule has 3 nitrogen and oxygen atoms in total. The topological polar surface area (TPSA) is 41.1 Å². The predicted octanol–water partition coefficient (Wildman–Crippen LogP) is 1.82. The van der Waals surface area contributed by atoms with Crippen molar-refractivity contribution in [1.82, 2.24) is 10.6 Å². The Hall–Kier alpha value is -0.570. The van der Waals surface area contributed by atoms with Crippen LogP contribution in [0.5, 0.6) is 0 Å². The van der Waals surface area contributed by atoms with Crippen LogP contribution >= 0.6 is 0 Å². The Morgan fingerprint density at radius 3 is 2.69 bits per heavy atom. The van der Waals surface area contributed by atoms with Gasteiger partial charge in [0.1, 0.15) is 0 Å². The highest BCUT2D eigenvalue weighted by Crippen LogP contribution is 2.25. The summed E-state index contributed by atoms with van der Waals surface area (Å²) in [5.74, 6) is 0.853. The van der Waals surface area contributed by atoms with Crippen LogP contribution in [0.15, 0.2) is 0 Å². The van der Waals surface area contributed by atoms with Gasteiger partial charge in [0, 0.05) is 6.04 Å². The number of rotatable bonds is 2. The van der Waals surface area contributed by atoms with Gasteiger partial charge >= 0.3 is 0 Å². The minimum atomic E-state index is -0.308. The molecule has 1 heterocycles. The second kappa shape index (κ2) is 4.74. The standard InChI is InChI=1S/C13H24N2O/c1-10-6-3-4-7-11(10)15-12(16)13(2)8-5-9-14-13/h10-11,14H,3-9H2,1-2H3,(H,15,16). The van der Waals surface area contributed by atoms with Crippen LogP contribution in [0.2, 0.25) is 0 Å². The number of carbonyl (C=O) groups excluding carboxylic acids is 1. The van der Waals surface area contributed by atoms with Crippen LogP contribution < -0.4 is 10.6 Å². The molecule has 0 spiro atoms. The molecule has 0 bridgehead atoms. The lowest BCUT2D eigenvalue weighted by atomic mass is 9.85. The summed E-state index contributed by atoms with van der Waals surface area (Å²) in [6, 6.07) is 0.403. The van der Waals surface area contributed by atoms with Gasteiger partial charge in [0.2, 0.25) is 5.91 Å².